The van der Waals surface area contributed by atoms with E-state index in [4.69, 9.17) is 10.2 Å². The van der Waals surface area contributed by atoms with Crippen molar-refractivity contribution >= 4 is 12.1 Å². The van der Waals surface area contributed by atoms with Crippen LogP contribution in [0, 0.1) is 0 Å². The lowest BCUT2D eigenvalue weighted by molar-refractivity contribution is 0.0691. The first-order valence-electron chi connectivity index (χ1n) is 3.90. The number of pyridine rings is 1. The Balaban J connectivity index is 2.60. The van der Waals surface area contributed by atoms with Crippen molar-refractivity contribution in [1.82, 2.24) is 14.8 Å². The van der Waals surface area contributed by atoms with E-state index in [-0.39, 0.29) is 11.4 Å². The Bertz CT molecular complexity index is 519. The molecule has 0 atom stereocenters. The molecule has 0 aliphatic carbocycles. The first-order chi connectivity index (χ1) is 7.09. The maximum atomic E-state index is 10.7. The van der Waals surface area contributed by atoms with Crippen LogP contribution in [0.25, 0.3) is 11.3 Å². The number of carbonyl (C=O) groups is 2. The van der Waals surface area contributed by atoms with E-state index in [0.29, 0.717) is 5.56 Å². The van der Waals surface area contributed by atoms with Crippen LogP contribution in [0.5, 0.6) is 0 Å². The summed E-state index contributed by atoms with van der Waals surface area (Å²) in [5.74, 6) is -1.19. The Morgan fingerprint density at radius 3 is 2.60 bits per heavy atom. The molecule has 0 fully saturated rings. The fourth-order valence-electron chi connectivity index (χ4n) is 1.20. The summed E-state index contributed by atoms with van der Waals surface area (Å²) in [4.78, 5) is 21.3. The van der Waals surface area contributed by atoms with Crippen LogP contribution in [-0.4, -0.2) is 37.0 Å². The third-order valence-corrected chi connectivity index (χ3v) is 1.88. The topological polar surface area (TPSA) is 105 Å². The predicted octanol–water partition coefficient (Wildman–Crippen LogP) is 0.607. The fourth-order valence-corrected chi connectivity index (χ4v) is 1.20. The van der Waals surface area contributed by atoms with Crippen LogP contribution in [-0.2, 0) is 0 Å². The lowest BCUT2D eigenvalue weighted by Gasteiger charge is -2.01. The van der Waals surface area contributed by atoms with Gasteiger partial charge in [0, 0.05) is 18.0 Å². The van der Waals surface area contributed by atoms with E-state index >= 15 is 0 Å². The summed E-state index contributed by atoms with van der Waals surface area (Å²) in [7, 11) is 0. The molecule has 2 N–H and O–H groups in total. The number of hydrogen-bond donors (Lipinski definition) is 2. The van der Waals surface area contributed by atoms with E-state index in [0.717, 1.165) is 4.57 Å². The van der Waals surface area contributed by atoms with E-state index in [2.05, 4.69) is 10.2 Å². The van der Waals surface area contributed by atoms with Gasteiger partial charge < -0.3 is 10.2 Å². The van der Waals surface area contributed by atoms with E-state index in [1.165, 1.54) is 18.5 Å². The van der Waals surface area contributed by atoms with E-state index in [1.54, 1.807) is 0 Å². The zero-order chi connectivity index (χ0) is 11.0. The molecule has 0 bridgehead atoms. The third kappa shape index (κ3) is 1.39. The minimum Gasteiger partial charge on any atom is -0.476 e. The molecule has 0 unspecified atom stereocenters. The second-order valence-electron chi connectivity index (χ2n) is 2.79. The molecular weight excluding hydrogens is 202 g/mol. The molecule has 15 heavy (non-hydrogen) atoms. The smallest absolute Gasteiger partial charge is 0.415 e. The quantitative estimate of drug-likeness (QED) is 0.709. The van der Waals surface area contributed by atoms with Gasteiger partial charge in [-0.3, -0.25) is 4.57 Å². The maximum absolute atomic E-state index is 10.7. The van der Waals surface area contributed by atoms with Crippen molar-refractivity contribution in [1.29, 1.82) is 0 Å². The fraction of sp³-hybridized carbons (Fsp3) is 0. The molecule has 76 valence electrons. The standard InChI is InChI=1S/C8H5N3O4/c12-7(13)6-4-1-2-11(8(14)15)3-5(4)9-10-6/h1-3H,(H,12,13)(H,14,15). The Morgan fingerprint density at radius 1 is 1.27 bits per heavy atom. The van der Waals surface area contributed by atoms with E-state index < -0.39 is 12.1 Å². The zero-order valence-electron chi connectivity index (χ0n) is 7.28. The van der Waals surface area contributed by atoms with Gasteiger partial charge in [0.15, 0.2) is 5.69 Å². The highest BCUT2D eigenvalue weighted by molar-refractivity contribution is 5.93. The molecule has 7 nitrogen and oxygen atoms in total. The molecule has 0 spiro atoms. The van der Waals surface area contributed by atoms with Crippen LogP contribution in [0.15, 0.2) is 18.5 Å². The van der Waals surface area contributed by atoms with Crippen LogP contribution in [0.2, 0.25) is 0 Å². The average Bonchev–Trinajstić information content (AvgIpc) is 2.59. The molecule has 2 aliphatic heterocycles. The second kappa shape index (κ2) is 3.05. The van der Waals surface area contributed by atoms with Gasteiger partial charge in [-0.2, -0.15) is 0 Å². The summed E-state index contributed by atoms with van der Waals surface area (Å²) in [6.45, 7) is 0. The number of aromatic carboxylic acids is 1. The molecule has 0 saturated carbocycles. The zero-order valence-corrected chi connectivity index (χ0v) is 7.28. The Kier molecular flexibility index (Phi) is 1.86. The highest BCUT2D eigenvalue weighted by Gasteiger charge is 2.19. The Labute approximate surface area is 82.9 Å². The van der Waals surface area contributed by atoms with Crippen molar-refractivity contribution in [2.75, 3.05) is 0 Å². The van der Waals surface area contributed by atoms with Crippen molar-refractivity contribution in [3.8, 4) is 11.3 Å². The summed E-state index contributed by atoms with van der Waals surface area (Å²) < 4.78 is 0.878. The third-order valence-electron chi connectivity index (χ3n) is 1.88. The maximum Gasteiger partial charge on any atom is 0.415 e. The van der Waals surface area contributed by atoms with Gasteiger partial charge in [0.25, 0.3) is 0 Å². The molecular formula is C8H5N3O4. The minimum atomic E-state index is -1.19. The molecule has 0 amide bonds. The van der Waals surface area contributed by atoms with Gasteiger partial charge in [0.2, 0.25) is 0 Å². The summed E-state index contributed by atoms with van der Waals surface area (Å²) in [6, 6.07) is 1.35. The highest BCUT2D eigenvalue weighted by atomic mass is 16.4. The van der Waals surface area contributed by atoms with Crippen molar-refractivity contribution in [2.24, 2.45) is 0 Å². The summed E-state index contributed by atoms with van der Waals surface area (Å²) in [6.07, 6.45) is 1.27. The van der Waals surface area contributed by atoms with Crippen LogP contribution < -0.4 is 0 Å². The van der Waals surface area contributed by atoms with Crippen molar-refractivity contribution in [2.45, 2.75) is 0 Å². The van der Waals surface area contributed by atoms with Crippen molar-refractivity contribution in [3.05, 3.63) is 24.2 Å². The lowest BCUT2D eigenvalue weighted by Crippen LogP contribution is -2.08. The highest BCUT2D eigenvalue weighted by Crippen LogP contribution is 2.21. The van der Waals surface area contributed by atoms with Crippen molar-refractivity contribution in [3.63, 3.8) is 0 Å². The van der Waals surface area contributed by atoms with Gasteiger partial charge in [0.1, 0.15) is 5.69 Å². The number of fused-ring (bicyclic) bond motifs is 1. The SMILES string of the molecule is O=C(O)c1nnc2cn(C(=O)O)ccc1-2. The molecule has 2 aliphatic rings. The number of aromatic nitrogens is 3. The lowest BCUT2D eigenvalue weighted by atomic mass is 10.1. The predicted molar refractivity (Wildman–Crippen MR) is 47.0 cm³/mol. The summed E-state index contributed by atoms with van der Waals surface area (Å²) >= 11 is 0. The second-order valence-corrected chi connectivity index (χ2v) is 2.79. The summed E-state index contributed by atoms with van der Waals surface area (Å²) in [5.41, 5.74) is 0.375. The Hall–Kier alpha value is -2.44. The van der Waals surface area contributed by atoms with Gasteiger partial charge in [-0.25, -0.2) is 9.59 Å². The minimum absolute atomic E-state index is 0.178. The molecule has 2 rings (SSSR count). The van der Waals surface area contributed by atoms with Gasteiger partial charge in [-0.1, -0.05) is 0 Å². The van der Waals surface area contributed by atoms with Gasteiger partial charge in [0.05, 0.1) is 0 Å². The van der Waals surface area contributed by atoms with Gasteiger partial charge >= 0.3 is 12.1 Å². The average molecular weight is 207 g/mol. The monoisotopic (exact) mass is 207 g/mol. The van der Waals surface area contributed by atoms with Crippen LogP contribution in [0.4, 0.5) is 4.79 Å². The largest absolute Gasteiger partial charge is 0.476 e. The van der Waals surface area contributed by atoms with Crippen LogP contribution in [0.1, 0.15) is 10.5 Å². The number of rotatable bonds is 1. The number of carboxylic acids is 1. The summed E-state index contributed by atoms with van der Waals surface area (Å²) in [5, 5.41) is 24.4. The normalized spacial score (nSPS) is 10.4. The number of hydrogen-bond acceptors (Lipinski definition) is 4. The number of carboxylic acid groups (broad SMARTS) is 2. The van der Waals surface area contributed by atoms with Crippen LogP contribution >= 0.6 is 0 Å². The van der Waals surface area contributed by atoms with E-state index in [9.17, 15) is 9.59 Å². The van der Waals surface area contributed by atoms with Crippen LogP contribution in [0.3, 0.4) is 0 Å². The number of nitrogens with zero attached hydrogens (tertiary/aromatic N) is 3. The molecule has 0 saturated heterocycles. The van der Waals surface area contributed by atoms with Gasteiger partial charge in [-0.15, -0.1) is 10.2 Å². The first-order valence-corrected chi connectivity index (χ1v) is 3.90. The Morgan fingerprint density at radius 2 is 2.00 bits per heavy atom. The first kappa shape index (κ1) is 9.13. The van der Waals surface area contributed by atoms with E-state index in [1.807, 2.05) is 0 Å². The molecule has 2 heterocycles. The van der Waals surface area contributed by atoms with Gasteiger partial charge in [-0.05, 0) is 6.07 Å². The molecule has 0 aromatic heterocycles. The molecule has 7 heteroatoms. The molecule has 0 aromatic carbocycles. The molecule has 0 radical (unpaired) electrons. The molecule has 0 aromatic rings. The van der Waals surface area contributed by atoms with Crippen molar-refractivity contribution < 1.29 is 19.8 Å².